The third kappa shape index (κ3) is 1.91. The summed E-state index contributed by atoms with van der Waals surface area (Å²) in [5.74, 6) is -1.15. The normalized spacial score (nSPS) is 12.6. The van der Waals surface area contributed by atoms with Gasteiger partial charge in [-0.2, -0.15) is 0 Å². The van der Waals surface area contributed by atoms with Crippen molar-refractivity contribution in [2.75, 3.05) is 0 Å². The Morgan fingerprint density at radius 3 is 2.50 bits per heavy atom. The molecule has 0 aliphatic carbocycles. The zero-order valence-electron chi connectivity index (χ0n) is 9.18. The molecule has 2 aromatic rings. The third-order valence-corrected chi connectivity index (χ3v) is 2.88. The molecule has 2 heteroatoms. The van der Waals surface area contributed by atoms with Crippen molar-refractivity contribution >= 4 is 16.7 Å². The number of hydrogen-bond acceptors (Lipinski definition) is 1. The lowest BCUT2D eigenvalue weighted by atomic mass is 9.94. The maximum atomic E-state index is 11.1. The second kappa shape index (κ2) is 4.35. The van der Waals surface area contributed by atoms with Gasteiger partial charge in [0.2, 0.25) is 0 Å². The fraction of sp³-hybridized carbons (Fsp3) is 0.214. The van der Waals surface area contributed by atoms with Gasteiger partial charge in [-0.15, -0.1) is 0 Å². The Kier molecular flexibility index (Phi) is 2.91. The molecule has 0 saturated carbocycles. The van der Waals surface area contributed by atoms with Crippen LogP contribution >= 0.6 is 0 Å². The lowest BCUT2D eigenvalue weighted by Crippen LogP contribution is -2.10. The number of carboxylic acid groups (broad SMARTS) is 1. The first-order valence-corrected chi connectivity index (χ1v) is 5.44. The van der Waals surface area contributed by atoms with Crippen LogP contribution in [0, 0.1) is 0 Å². The van der Waals surface area contributed by atoms with E-state index < -0.39 is 11.9 Å². The summed E-state index contributed by atoms with van der Waals surface area (Å²) in [6.45, 7) is 1.90. The van der Waals surface area contributed by atoms with Crippen molar-refractivity contribution in [3.63, 3.8) is 0 Å². The van der Waals surface area contributed by atoms with Crippen LogP contribution in [0.15, 0.2) is 42.5 Å². The molecule has 1 N–H and O–H groups in total. The Hall–Kier alpha value is -1.83. The summed E-state index contributed by atoms with van der Waals surface area (Å²) in [5, 5.41) is 11.3. The predicted octanol–water partition coefficient (Wildman–Crippen LogP) is 3.42. The largest absolute Gasteiger partial charge is 0.481 e. The van der Waals surface area contributed by atoms with Crippen molar-refractivity contribution in [2.45, 2.75) is 19.3 Å². The number of carboxylic acids is 1. The highest BCUT2D eigenvalue weighted by molar-refractivity contribution is 5.85. The van der Waals surface area contributed by atoms with E-state index in [1.807, 2.05) is 49.4 Å². The molecule has 2 aromatic carbocycles. The summed E-state index contributed by atoms with van der Waals surface area (Å²) < 4.78 is 0. The molecule has 0 spiro atoms. The lowest BCUT2D eigenvalue weighted by molar-refractivity contribution is -0.138. The summed E-state index contributed by atoms with van der Waals surface area (Å²) >= 11 is 0. The molecular weight excluding hydrogens is 200 g/mol. The van der Waals surface area contributed by atoms with Crippen LogP contribution in [0.3, 0.4) is 0 Å². The van der Waals surface area contributed by atoms with Crippen molar-refractivity contribution in [2.24, 2.45) is 0 Å². The van der Waals surface area contributed by atoms with Crippen molar-refractivity contribution in [1.29, 1.82) is 0 Å². The Balaban J connectivity index is 2.49. The van der Waals surface area contributed by atoms with E-state index in [0.29, 0.717) is 6.42 Å². The van der Waals surface area contributed by atoms with Gasteiger partial charge in [0.1, 0.15) is 0 Å². The molecule has 2 nitrogen and oxygen atoms in total. The molecule has 2 rings (SSSR count). The van der Waals surface area contributed by atoms with E-state index in [1.54, 1.807) is 0 Å². The number of benzene rings is 2. The van der Waals surface area contributed by atoms with Gasteiger partial charge in [0.05, 0.1) is 5.92 Å². The van der Waals surface area contributed by atoms with Gasteiger partial charge in [0.25, 0.3) is 0 Å². The monoisotopic (exact) mass is 214 g/mol. The van der Waals surface area contributed by atoms with Gasteiger partial charge in [-0.3, -0.25) is 4.79 Å². The third-order valence-electron chi connectivity index (χ3n) is 2.88. The van der Waals surface area contributed by atoms with Crippen molar-refractivity contribution in [3.05, 3.63) is 48.0 Å². The average Bonchev–Trinajstić information content (AvgIpc) is 2.29. The number of carbonyl (C=O) groups is 1. The molecule has 1 atom stereocenters. The van der Waals surface area contributed by atoms with E-state index in [2.05, 4.69) is 0 Å². The van der Waals surface area contributed by atoms with Crippen LogP contribution in [-0.2, 0) is 4.79 Å². The van der Waals surface area contributed by atoms with Crippen LogP contribution in [0.1, 0.15) is 24.8 Å². The standard InChI is InChI=1S/C14H14O2/c1-2-13(14(15)16)12-8-7-10-5-3-4-6-11(10)9-12/h3-9,13H,2H2,1H3,(H,15,16)/t13-/m1/s1. The predicted molar refractivity (Wildman–Crippen MR) is 64.6 cm³/mol. The summed E-state index contributed by atoms with van der Waals surface area (Å²) in [7, 11) is 0. The van der Waals surface area contributed by atoms with Crippen molar-refractivity contribution in [1.82, 2.24) is 0 Å². The van der Waals surface area contributed by atoms with Crippen molar-refractivity contribution < 1.29 is 9.90 Å². The van der Waals surface area contributed by atoms with E-state index in [0.717, 1.165) is 16.3 Å². The van der Waals surface area contributed by atoms with E-state index in [4.69, 9.17) is 5.11 Å². The molecule has 0 aliphatic heterocycles. The Bertz CT molecular complexity index is 517. The van der Waals surface area contributed by atoms with Crippen LogP contribution in [0.2, 0.25) is 0 Å². The maximum Gasteiger partial charge on any atom is 0.310 e. The van der Waals surface area contributed by atoms with Gasteiger partial charge >= 0.3 is 5.97 Å². The van der Waals surface area contributed by atoms with Gasteiger partial charge in [0.15, 0.2) is 0 Å². The molecule has 0 aromatic heterocycles. The highest BCUT2D eigenvalue weighted by Gasteiger charge is 2.17. The zero-order valence-corrected chi connectivity index (χ0v) is 9.18. The zero-order chi connectivity index (χ0) is 11.5. The quantitative estimate of drug-likeness (QED) is 0.850. The molecular formula is C14H14O2. The Morgan fingerprint density at radius 1 is 1.19 bits per heavy atom. The molecule has 0 unspecified atom stereocenters. The van der Waals surface area contributed by atoms with Gasteiger partial charge in [0, 0.05) is 0 Å². The molecule has 16 heavy (non-hydrogen) atoms. The van der Waals surface area contributed by atoms with Crippen LogP contribution in [0.5, 0.6) is 0 Å². The summed E-state index contributed by atoms with van der Waals surface area (Å²) in [6.07, 6.45) is 0.619. The van der Waals surface area contributed by atoms with E-state index in [9.17, 15) is 4.79 Å². The molecule has 82 valence electrons. The van der Waals surface area contributed by atoms with Crippen molar-refractivity contribution in [3.8, 4) is 0 Å². The fourth-order valence-electron chi connectivity index (χ4n) is 1.98. The number of aliphatic carboxylic acids is 1. The summed E-state index contributed by atoms with van der Waals surface area (Å²) in [4.78, 5) is 11.1. The maximum absolute atomic E-state index is 11.1. The smallest absolute Gasteiger partial charge is 0.310 e. The summed E-state index contributed by atoms with van der Waals surface area (Å²) in [6, 6.07) is 13.8. The summed E-state index contributed by atoms with van der Waals surface area (Å²) in [5.41, 5.74) is 0.883. The first-order valence-electron chi connectivity index (χ1n) is 5.44. The molecule has 0 fully saturated rings. The topological polar surface area (TPSA) is 37.3 Å². The van der Waals surface area contributed by atoms with Crippen LogP contribution in [0.25, 0.3) is 10.8 Å². The Labute approximate surface area is 94.5 Å². The van der Waals surface area contributed by atoms with E-state index in [-0.39, 0.29) is 0 Å². The first-order chi connectivity index (χ1) is 7.72. The number of fused-ring (bicyclic) bond motifs is 1. The minimum Gasteiger partial charge on any atom is -0.481 e. The Morgan fingerprint density at radius 2 is 1.88 bits per heavy atom. The van der Waals surface area contributed by atoms with E-state index >= 15 is 0 Å². The minimum absolute atomic E-state index is 0.399. The highest BCUT2D eigenvalue weighted by atomic mass is 16.4. The second-order valence-corrected chi connectivity index (χ2v) is 3.91. The molecule has 0 amide bonds. The molecule has 0 saturated heterocycles. The molecule has 0 heterocycles. The molecule has 0 bridgehead atoms. The first kappa shape index (κ1) is 10.7. The number of rotatable bonds is 3. The highest BCUT2D eigenvalue weighted by Crippen LogP contribution is 2.24. The number of hydrogen-bond donors (Lipinski definition) is 1. The van der Waals surface area contributed by atoms with Gasteiger partial charge in [-0.25, -0.2) is 0 Å². The fourth-order valence-corrected chi connectivity index (χ4v) is 1.98. The molecule has 0 radical (unpaired) electrons. The van der Waals surface area contributed by atoms with Crippen LogP contribution < -0.4 is 0 Å². The average molecular weight is 214 g/mol. The van der Waals surface area contributed by atoms with Gasteiger partial charge in [-0.1, -0.05) is 49.4 Å². The van der Waals surface area contributed by atoms with E-state index in [1.165, 1.54) is 0 Å². The van der Waals surface area contributed by atoms with Gasteiger partial charge in [-0.05, 0) is 22.8 Å². The van der Waals surface area contributed by atoms with Crippen LogP contribution in [0.4, 0.5) is 0 Å². The minimum atomic E-state index is -0.752. The lowest BCUT2D eigenvalue weighted by Gasteiger charge is -2.10. The SMILES string of the molecule is CC[C@@H](C(=O)O)c1ccc2ccccc2c1. The van der Waals surface area contributed by atoms with Gasteiger partial charge < -0.3 is 5.11 Å². The second-order valence-electron chi connectivity index (χ2n) is 3.91. The van der Waals surface area contributed by atoms with Crippen LogP contribution in [-0.4, -0.2) is 11.1 Å². The molecule has 0 aliphatic rings.